The van der Waals surface area contributed by atoms with Crippen molar-refractivity contribution < 1.29 is 9.59 Å². The topological polar surface area (TPSA) is 65.2 Å². The first kappa shape index (κ1) is 21.0. The second-order valence-corrected chi connectivity index (χ2v) is 9.55. The molecular weight excluding hydrogens is 410 g/mol. The van der Waals surface area contributed by atoms with Crippen molar-refractivity contribution in [2.45, 2.75) is 32.4 Å². The third kappa shape index (κ3) is 3.80. The van der Waals surface area contributed by atoms with Crippen molar-refractivity contribution in [1.29, 1.82) is 0 Å². The van der Waals surface area contributed by atoms with Gasteiger partial charge >= 0.3 is 0 Å². The molecule has 2 N–H and O–H groups in total. The average Bonchev–Trinajstić information content (AvgIpc) is 3.29. The highest BCUT2D eigenvalue weighted by Crippen LogP contribution is 2.45. The summed E-state index contributed by atoms with van der Waals surface area (Å²) in [5.41, 5.74) is 5.22. The van der Waals surface area contributed by atoms with Gasteiger partial charge in [0.05, 0.1) is 11.7 Å². The van der Waals surface area contributed by atoms with Crippen molar-refractivity contribution in [3.8, 4) is 11.3 Å². The summed E-state index contributed by atoms with van der Waals surface area (Å²) < 4.78 is 0. The molecular formula is C28H27N3O2. The number of H-pyrrole nitrogens is 1. The number of fused-ring (bicyclic) bond motifs is 2. The lowest BCUT2D eigenvalue weighted by Crippen LogP contribution is -2.46. The summed E-state index contributed by atoms with van der Waals surface area (Å²) >= 11 is 0. The van der Waals surface area contributed by atoms with Crippen LogP contribution in [-0.2, 0) is 4.79 Å². The van der Waals surface area contributed by atoms with E-state index >= 15 is 0 Å². The molecule has 5 heteroatoms. The van der Waals surface area contributed by atoms with Crippen LogP contribution in [0.4, 0.5) is 0 Å². The zero-order valence-electron chi connectivity index (χ0n) is 19.1. The second-order valence-electron chi connectivity index (χ2n) is 9.55. The number of nitrogens with one attached hydrogen (secondary N) is 2. The summed E-state index contributed by atoms with van der Waals surface area (Å²) in [6, 6.07) is 25.6. The molecule has 1 aliphatic heterocycles. The minimum absolute atomic E-state index is 0.0107. The number of carbonyl (C=O) groups is 2. The molecule has 5 nitrogen and oxygen atoms in total. The number of carbonyl (C=O) groups excluding carboxylic acids is 2. The van der Waals surface area contributed by atoms with Gasteiger partial charge in [0, 0.05) is 27.6 Å². The van der Waals surface area contributed by atoms with Crippen LogP contribution in [0.2, 0.25) is 0 Å². The van der Waals surface area contributed by atoms with Gasteiger partial charge in [-0.1, -0.05) is 66.7 Å². The number of nitrogens with zero attached hydrogens (tertiary/aromatic N) is 1. The Morgan fingerprint density at radius 3 is 2.36 bits per heavy atom. The van der Waals surface area contributed by atoms with Gasteiger partial charge in [0.1, 0.15) is 6.54 Å². The van der Waals surface area contributed by atoms with Crippen LogP contribution in [0.1, 0.15) is 48.3 Å². The number of benzene rings is 3. The summed E-state index contributed by atoms with van der Waals surface area (Å²) in [5.74, 6) is -0.293. The van der Waals surface area contributed by atoms with E-state index in [9.17, 15) is 9.59 Å². The molecule has 1 atom stereocenters. The minimum atomic E-state index is -0.377. The highest BCUT2D eigenvalue weighted by molar-refractivity contribution is 6.03. The van der Waals surface area contributed by atoms with Crippen LogP contribution in [0.25, 0.3) is 22.2 Å². The van der Waals surface area contributed by atoms with Gasteiger partial charge in [-0.2, -0.15) is 0 Å². The third-order valence-electron chi connectivity index (χ3n) is 5.97. The summed E-state index contributed by atoms with van der Waals surface area (Å²) in [6.07, 6.45) is 0. The smallest absolute Gasteiger partial charge is 0.255 e. The number of hydrogen-bond acceptors (Lipinski definition) is 2. The van der Waals surface area contributed by atoms with Gasteiger partial charge in [-0.25, -0.2) is 0 Å². The van der Waals surface area contributed by atoms with Crippen LogP contribution in [0.15, 0.2) is 78.9 Å². The Balaban J connectivity index is 1.70. The zero-order valence-corrected chi connectivity index (χ0v) is 19.1. The van der Waals surface area contributed by atoms with E-state index in [4.69, 9.17) is 0 Å². The van der Waals surface area contributed by atoms with Crippen molar-refractivity contribution in [2.75, 3.05) is 6.54 Å². The van der Waals surface area contributed by atoms with Crippen LogP contribution >= 0.6 is 0 Å². The van der Waals surface area contributed by atoms with E-state index in [2.05, 4.69) is 28.5 Å². The first-order valence-corrected chi connectivity index (χ1v) is 11.2. The Morgan fingerprint density at radius 1 is 0.939 bits per heavy atom. The number of para-hydroxylation sites is 1. The largest absolute Gasteiger partial charge is 0.354 e. The average molecular weight is 438 g/mol. The van der Waals surface area contributed by atoms with E-state index < -0.39 is 0 Å². The fourth-order valence-electron chi connectivity index (χ4n) is 4.74. The van der Waals surface area contributed by atoms with Crippen LogP contribution in [-0.4, -0.2) is 33.8 Å². The Morgan fingerprint density at radius 2 is 1.61 bits per heavy atom. The Hall–Kier alpha value is -3.86. The quantitative estimate of drug-likeness (QED) is 0.455. The van der Waals surface area contributed by atoms with Crippen molar-refractivity contribution >= 4 is 22.7 Å². The molecule has 1 aromatic heterocycles. The lowest BCUT2D eigenvalue weighted by Gasteiger charge is -2.28. The summed E-state index contributed by atoms with van der Waals surface area (Å²) in [6.45, 7) is 5.81. The van der Waals surface area contributed by atoms with Crippen LogP contribution < -0.4 is 5.32 Å². The molecule has 0 saturated carbocycles. The maximum Gasteiger partial charge on any atom is 0.255 e. The molecule has 0 aliphatic carbocycles. The number of aromatic nitrogens is 1. The molecule has 1 unspecified atom stereocenters. The lowest BCUT2D eigenvalue weighted by molar-refractivity contribution is -0.123. The van der Waals surface area contributed by atoms with Crippen molar-refractivity contribution in [1.82, 2.24) is 15.2 Å². The molecule has 5 rings (SSSR count). The van der Waals surface area contributed by atoms with Crippen LogP contribution in [0.3, 0.4) is 0 Å². The number of amides is 2. The summed E-state index contributed by atoms with van der Waals surface area (Å²) in [7, 11) is 0. The highest BCUT2D eigenvalue weighted by atomic mass is 16.2. The van der Waals surface area contributed by atoms with Gasteiger partial charge in [0.25, 0.3) is 5.91 Å². The molecule has 2 amide bonds. The van der Waals surface area contributed by atoms with Crippen molar-refractivity contribution in [3.63, 3.8) is 0 Å². The Bertz CT molecular complexity index is 1350. The van der Waals surface area contributed by atoms with Gasteiger partial charge in [0.2, 0.25) is 5.91 Å². The molecule has 2 heterocycles. The molecule has 166 valence electrons. The van der Waals surface area contributed by atoms with Gasteiger partial charge < -0.3 is 15.2 Å². The predicted octanol–water partition coefficient (Wildman–Crippen LogP) is 5.29. The molecule has 0 radical (unpaired) electrons. The number of aromatic amines is 1. The molecule has 1 aliphatic rings. The number of hydrogen-bond donors (Lipinski definition) is 2. The Kier molecular flexibility index (Phi) is 5.05. The first-order chi connectivity index (χ1) is 15.8. The van der Waals surface area contributed by atoms with Gasteiger partial charge in [-0.15, -0.1) is 0 Å². The molecule has 0 saturated heterocycles. The van der Waals surface area contributed by atoms with E-state index in [1.807, 2.05) is 81.4 Å². The van der Waals surface area contributed by atoms with Crippen molar-refractivity contribution in [2.24, 2.45) is 0 Å². The summed E-state index contributed by atoms with van der Waals surface area (Å²) in [4.78, 5) is 31.7. The second kappa shape index (κ2) is 7.93. The maximum atomic E-state index is 13.5. The molecule has 0 fully saturated rings. The maximum absolute atomic E-state index is 13.5. The normalized spacial score (nSPS) is 15.7. The number of rotatable bonds is 4. The minimum Gasteiger partial charge on any atom is -0.354 e. The van der Waals surface area contributed by atoms with Crippen molar-refractivity contribution in [3.05, 3.63) is 95.6 Å². The van der Waals surface area contributed by atoms with E-state index in [1.54, 1.807) is 4.90 Å². The first-order valence-electron chi connectivity index (χ1n) is 11.2. The molecule has 0 bridgehead atoms. The van der Waals surface area contributed by atoms with Crippen LogP contribution in [0, 0.1) is 0 Å². The van der Waals surface area contributed by atoms with E-state index in [0.29, 0.717) is 5.56 Å². The monoisotopic (exact) mass is 437 g/mol. The standard InChI is InChI=1S/C28H27N3O2/c1-28(2,3)30-23(32)17-31-26(19-13-7-8-14-20(19)27(31)33)24-21-15-9-10-16-22(21)29-25(24)18-11-5-4-6-12-18/h4-16,26,29H,17H2,1-3H3,(H,30,32). The zero-order chi connectivity index (χ0) is 23.2. The fraction of sp³-hybridized carbons (Fsp3) is 0.214. The van der Waals surface area contributed by atoms with E-state index in [1.165, 1.54) is 0 Å². The Labute approximate surface area is 193 Å². The SMILES string of the molecule is CC(C)(C)NC(=O)CN1C(=O)c2ccccc2C1c1c(-c2ccccc2)[nH]c2ccccc12. The predicted molar refractivity (Wildman–Crippen MR) is 131 cm³/mol. The highest BCUT2D eigenvalue weighted by Gasteiger charge is 2.41. The molecule has 0 spiro atoms. The van der Waals surface area contributed by atoms with Gasteiger partial charge in [-0.05, 0) is 44.0 Å². The molecule has 3 aromatic carbocycles. The van der Waals surface area contributed by atoms with Gasteiger partial charge in [0.15, 0.2) is 0 Å². The molecule has 33 heavy (non-hydrogen) atoms. The van der Waals surface area contributed by atoms with E-state index in [-0.39, 0.29) is 29.9 Å². The third-order valence-corrected chi connectivity index (χ3v) is 5.97. The summed E-state index contributed by atoms with van der Waals surface area (Å²) in [5, 5.41) is 4.05. The lowest BCUT2D eigenvalue weighted by atomic mass is 9.93. The van der Waals surface area contributed by atoms with Gasteiger partial charge in [-0.3, -0.25) is 9.59 Å². The fourth-order valence-corrected chi connectivity index (χ4v) is 4.74. The van der Waals surface area contributed by atoms with E-state index in [0.717, 1.165) is 33.3 Å². The van der Waals surface area contributed by atoms with Crippen LogP contribution in [0.5, 0.6) is 0 Å². The molecule has 4 aromatic rings.